The van der Waals surface area contributed by atoms with Crippen molar-refractivity contribution in [3.05, 3.63) is 45.7 Å². The molecule has 0 aromatic heterocycles. The van der Waals surface area contributed by atoms with Crippen molar-refractivity contribution in [1.29, 1.82) is 0 Å². The Morgan fingerprint density at radius 3 is 2.44 bits per heavy atom. The molecule has 0 saturated heterocycles. The van der Waals surface area contributed by atoms with Crippen LogP contribution < -0.4 is 5.73 Å². The molecular weight excluding hydrogens is 420 g/mol. The van der Waals surface area contributed by atoms with Gasteiger partial charge in [0, 0.05) is 11.5 Å². The highest BCUT2D eigenvalue weighted by Crippen LogP contribution is 2.52. The van der Waals surface area contributed by atoms with Gasteiger partial charge in [-0.2, -0.15) is 0 Å². The number of fused-ring (bicyclic) bond motifs is 3. The topological polar surface area (TPSA) is 182 Å². The average Bonchev–Trinajstić information content (AvgIpc) is 2.70. The number of amides is 1. The second kappa shape index (κ2) is 7.16. The summed E-state index contributed by atoms with van der Waals surface area (Å²) < 4.78 is 0. The van der Waals surface area contributed by atoms with Crippen LogP contribution in [0.3, 0.4) is 0 Å². The van der Waals surface area contributed by atoms with Gasteiger partial charge in [-0.3, -0.25) is 19.3 Å². The monoisotopic (exact) mass is 444 g/mol. The van der Waals surface area contributed by atoms with Gasteiger partial charge in [0.25, 0.3) is 5.91 Å². The number of carbonyl (C=O) groups excluding carboxylic acids is 3. The first kappa shape index (κ1) is 22.0. The maximum Gasteiger partial charge on any atom is 0.255 e. The van der Waals surface area contributed by atoms with Crippen LogP contribution in [0, 0.1) is 11.8 Å². The number of primary amides is 1. The Balaban J connectivity index is 1.99. The van der Waals surface area contributed by atoms with Crippen LogP contribution in [0.1, 0.15) is 23.1 Å². The molecule has 32 heavy (non-hydrogen) atoms. The molecule has 1 amide bonds. The van der Waals surface area contributed by atoms with Crippen molar-refractivity contribution in [3.8, 4) is 5.75 Å². The van der Waals surface area contributed by atoms with Gasteiger partial charge in [-0.1, -0.05) is 6.07 Å². The summed E-state index contributed by atoms with van der Waals surface area (Å²) in [5.74, 6) is -6.95. The zero-order valence-electron chi connectivity index (χ0n) is 17.5. The number of likely N-dealkylation sites (N-methyl/N-ethyl adjacent to an activating group) is 1. The molecule has 1 saturated carbocycles. The number of aliphatic hydroxyl groups excluding tert-OH is 3. The van der Waals surface area contributed by atoms with Crippen LogP contribution in [0.2, 0.25) is 0 Å². The van der Waals surface area contributed by atoms with E-state index >= 15 is 0 Å². The van der Waals surface area contributed by atoms with E-state index in [1.165, 1.54) is 31.1 Å². The molecular formula is C22H24N2O8. The van der Waals surface area contributed by atoms with Crippen LogP contribution in [-0.2, 0) is 27.4 Å². The van der Waals surface area contributed by atoms with Crippen molar-refractivity contribution >= 4 is 23.2 Å². The average molecular weight is 444 g/mol. The number of hydrogen-bond acceptors (Lipinski definition) is 9. The summed E-state index contributed by atoms with van der Waals surface area (Å²) in [4.78, 5) is 39.9. The van der Waals surface area contributed by atoms with Gasteiger partial charge < -0.3 is 31.3 Å². The zero-order valence-corrected chi connectivity index (χ0v) is 17.5. The van der Waals surface area contributed by atoms with E-state index in [4.69, 9.17) is 5.73 Å². The summed E-state index contributed by atoms with van der Waals surface area (Å²) in [5, 5.41) is 53.2. The molecule has 0 bridgehead atoms. The van der Waals surface area contributed by atoms with Crippen molar-refractivity contribution < 1.29 is 39.9 Å². The van der Waals surface area contributed by atoms with Gasteiger partial charge in [-0.25, -0.2) is 0 Å². The second-order valence-electron chi connectivity index (χ2n) is 8.72. The third-order valence-corrected chi connectivity index (χ3v) is 6.87. The van der Waals surface area contributed by atoms with Crippen molar-refractivity contribution in [2.75, 3.05) is 14.1 Å². The number of hydrogen-bond donors (Lipinski definition) is 6. The van der Waals surface area contributed by atoms with Crippen molar-refractivity contribution in [2.45, 2.75) is 31.1 Å². The van der Waals surface area contributed by atoms with Gasteiger partial charge in [-0.15, -0.1) is 0 Å². The number of ketones is 2. The molecule has 0 unspecified atom stereocenters. The molecule has 3 aliphatic carbocycles. The molecule has 170 valence electrons. The number of nitrogens with two attached hydrogens (primary N) is 1. The standard InChI is InChI=1S/C22H24N2O8/c1-24(2)16-11-6-9-5-10-8(7-25)3-4-12(26)14(10)17(27)13(9)19(29)22(11,32)20(30)15(18(16)28)21(23)31/h3-4,9,11,16,25-27,30,32H,5-7H2,1-2H3,(H2,23,31)/t9-,11-,16-,22-/m1/s1. The van der Waals surface area contributed by atoms with Crippen LogP contribution in [0.5, 0.6) is 5.75 Å². The lowest BCUT2D eigenvalue weighted by atomic mass is 9.57. The van der Waals surface area contributed by atoms with Crippen LogP contribution in [-0.4, -0.2) is 73.6 Å². The molecule has 1 aromatic carbocycles. The number of nitrogens with zero attached hydrogens (tertiary/aromatic N) is 1. The molecule has 4 atom stereocenters. The lowest BCUT2D eigenvalue weighted by Crippen LogP contribution is -2.65. The summed E-state index contributed by atoms with van der Waals surface area (Å²) >= 11 is 0. The van der Waals surface area contributed by atoms with Gasteiger partial charge in [0.15, 0.2) is 11.4 Å². The molecule has 1 aromatic rings. The Morgan fingerprint density at radius 1 is 1.22 bits per heavy atom. The lowest BCUT2D eigenvalue weighted by molar-refractivity contribution is -0.153. The number of benzene rings is 1. The number of phenols is 1. The fourth-order valence-corrected chi connectivity index (χ4v) is 5.46. The highest BCUT2D eigenvalue weighted by Gasteiger charge is 2.64. The number of aliphatic hydroxyl groups is 4. The molecule has 1 fully saturated rings. The van der Waals surface area contributed by atoms with Gasteiger partial charge in [0.1, 0.15) is 22.8 Å². The van der Waals surface area contributed by atoms with E-state index in [-0.39, 0.29) is 36.3 Å². The maximum atomic E-state index is 13.6. The Labute approximate surface area is 182 Å². The molecule has 0 heterocycles. The minimum Gasteiger partial charge on any atom is -0.508 e. The van der Waals surface area contributed by atoms with Crippen molar-refractivity contribution in [1.82, 2.24) is 4.90 Å². The van der Waals surface area contributed by atoms with E-state index in [1.54, 1.807) is 0 Å². The van der Waals surface area contributed by atoms with E-state index in [0.29, 0.717) is 11.1 Å². The fraction of sp³-hybridized carbons (Fsp3) is 0.409. The Bertz CT molecular complexity index is 1130. The predicted octanol–water partition coefficient (Wildman–Crippen LogP) is -0.544. The highest BCUT2D eigenvalue weighted by atomic mass is 16.3. The summed E-state index contributed by atoms with van der Waals surface area (Å²) in [6.45, 7) is -0.358. The molecule has 10 nitrogen and oxygen atoms in total. The predicted molar refractivity (Wildman–Crippen MR) is 110 cm³/mol. The first-order valence-corrected chi connectivity index (χ1v) is 10.1. The second-order valence-corrected chi connectivity index (χ2v) is 8.72. The van der Waals surface area contributed by atoms with Crippen LogP contribution in [0.15, 0.2) is 29.0 Å². The van der Waals surface area contributed by atoms with E-state index < -0.39 is 58.0 Å². The fourth-order valence-electron chi connectivity index (χ4n) is 5.46. The minimum atomic E-state index is -2.66. The van der Waals surface area contributed by atoms with Gasteiger partial charge in [0.2, 0.25) is 5.78 Å². The third-order valence-electron chi connectivity index (χ3n) is 6.87. The summed E-state index contributed by atoms with van der Waals surface area (Å²) in [7, 11) is 3.07. The van der Waals surface area contributed by atoms with E-state index in [1.807, 2.05) is 0 Å². The SMILES string of the molecule is CN(C)[C@H]1C(=O)C(C(N)=O)=C(O)[C@]2(O)C(=O)C3=C(O)c4c(O)ccc(CO)c4C[C@@H]3C[C@H]12. The summed E-state index contributed by atoms with van der Waals surface area (Å²) in [6.07, 6.45) is 0.158. The van der Waals surface area contributed by atoms with E-state index in [9.17, 15) is 39.9 Å². The van der Waals surface area contributed by atoms with Crippen LogP contribution >= 0.6 is 0 Å². The Kier molecular flexibility index (Phi) is 4.92. The summed E-state index contributed by atoms with van der Waals surface area (Å²) in [5.41, 5.74) is 2.43. The summed E-state index contributed by atoms with van der Waals surface area (Å²) in [6, 6.07) is 1.65. The van der Waals surface area contributed by atoms with Crippen molar-refractivity contribution in [3.63, 3.8) is 0 Å². The number of rotatable bonds is 3. The van der Waals surface area contributed by atoms with Gasteiger partial charge in [-0.05, 0) is 50.0 Å². The first-order chi connectivity index (χ1) is 15.0. The Morgan fingerprint density at radius 2 is 1.88 bits per heavy atom. The van der Waals surface area contributed by atoms with Crippen molar-refractivity contribution in [2.24, 2.45) is 17.6 Å². The first-order valence-electron chi connectivity index (χ1n) is 10.1. The molecule has 0 spiro atoms. The van der Waals surface area contributed by atoms with E-state index in [2.05, 4.69) is 0 Å². The zero-order chi connectivity index (χ0) is 23.7. The number of phenolic OH excluding ortho intramolecular Hbond substituents is 1. The molecule has 7 N–H and O–H groups in total. The van der Waals surface area contributed by atoms with Gasteiger partial charge in [0.05, 0.1) is 18.2 Å². The van der Waals surface area contributed by atoms with Gasteiger partial charge >= 0.3 is 0 Å². The van der Waals surface area contributed by atoms with E-state index in [0.717, 1.165) is 0 Å². The van der Waals surface area contributed by atoms with Crippen LogP contribution in [0.25, 0.3) is 5.76 Å². The smallest absolute Gasteiger partial charge is 0.255 e. The minimum absolute atomic E-state index is 0.00624. The number of aromatic hydroxyl groups is 1. The third kappa shape index (κ3) is 2.66. The molecule has 0 aliphatic heterocycles. The highest BCUT2D eigenvalue weighted by molar-refractivity contribution is 6.24. The molecule has 0 radical (unpaired) electrons. The maximum absolute atomic E-state index is 13.6. The number of carbonyl (C=O) groups is 3. The largest absolute Gasteiger partial charge is 0.508 e. The lowest BCUT2D eigenvalue weighted by Gasteiger charge is -2.50. The Hall–Kier alpha value is -3.21. The molecule has 4 rings (SSSR count). The van der Waals surface area contributed by atoms with Crippen LogP contribution in [0.4, 0.5) is 0 Å². The normalized spacial score (nSPS) is 29.7. The quantitative estimate of drug-likeness (QED) is 0.333. The molecule has 3 aliphatic rings. The molecule has 10 heteroatoms. The number of Topliss-reactive ketones (excluding diaryl/α,β-unsaturated/α-hetero) is 2.